The number of thiophene rings is 1. The maximum absolute atomic E-state index is 13.0. The molecule has 2 aromatic heterocycles. The lowest BCUT2D eigenvalue weighted by molar-refractivity contribution is -0.130. The molecule has 0 spiro atoms. The molecule has 1 atom stereocenters. The lowest BCUT2D eigenvalue weighted by Crippen LogP contribution is -2.44. The quantitative estimate of drug-likeness (QED) is 0.513. The number of aryl methyl sites for hydroxylation is 2. The molecule has 7 nitrogen and oxygen atoms in total. The Bertz CT molecular complexity index is 1060. The van der Waals surface area contributed by atoms with Crippen LogP contribution < -0.4 is 5.73 Å². The van der Waals surface area contributed by atoms with E-state index in [1.807, 2.05) is 13.8 Å². The van der Waals surface area contributed by atoms with Gasteiger partial charge in [0.1, 0.15) is 10.6 Å². The number of hydrogen-bond acceptors (Lipinski definition) is 8. The number of thioether (sulfide) groups is 1. The fourth-order valence-corrected chi connectivity index (χ4v) is 8.10. The highest BCUT2D eigenvalue weighted by atomic mass is 32.2. The maximum Gasteiger partial charge on any atom is 0.233 e. The summed E-state index contributed by atoms with van der Waals surface area (Å²) >= 11 is 2.97. The highest BCUT2D eigenvalue weighted by Gasteiger charge is 2.35. The fourth-order valence-electron chi connectivity index (χ4n) is 4.31. The molecule has 1 saturated heterocycles. The number of carbonyl (C=O) groups excluding carboxylic acids is 1. The lowest BCUT2D eigenvalue weighted by Gasteiger charge is -2.29. The second kappa shape index (κ2) is 8.63. The molecular weight excluding hydrogens is 440 g/mol. The van der Waals surface area contributed by atoms with E-state index in [0.29, 0.717) is 23.9 Å². The third-order valence-electron chi connectivity index (χ3n) is 5.68. The molecule has 164 valence electrons. The van der Waals surface area contributed by atoms with Gasteiger partial charge in [0, 0.05) is 17.5 Å². The van der Waals surface area contributed by atoms with E-state index < -0.39 is 9.84 Å². The van der Waals surface area contributed by atoms with Crippen LogP contribution in [0.5, 0.6) is 0 Å². The molecule has 1 fully saturated rings. The predicted octanol–water partition coefficient (Wildman–Crippen LogP) is 2.92. The Morgan fingerprint density at radius 2 is 2.07 bits per heavy atom. The average Bonchev–Trinajstić information content (AvgIpc) is 3.23. The monoisotopic (exact) mass is 468 g/mol. The van der Waals surface area contributed by atoms with E-state index in [4.69, 9.17) is 5.73 Å². The Morgan fingerprint density at radius 1 is 1.30 bits per heavy atom. The first kappa shape index (κ1) is 21.8. The number of rotatable bonds is 6. The van der Waals surface area contributed by atoms with Crippen LogP contribution in [-0.4, -0.2) is 59.0 Å². The molecule has 1 aliphatic heterocycles. The zero-order chi connectivity index (χ0) is 21.5. The van der Waals surface area contributed by atoms with Crippen LogP contribution >= 0.6 is 23.1 Å². The van der Waals surface area contributed by atoms with Crippen molar-refractivity contribution in [2.45, 2.75) is 57.1 Å². The van der Waals surface area contributed by atoms with Crippen molar-refractivity contribution in [2.75, 3.05) is 29.5 Å². The first-order valence-corrected chi connectivity index (χ1v) is 14.1. The molecule has 2 N–H and O–H groups in total. The second-order valence-electron chi connectivity index (χ2n) is 8.57. The fraction of sp³-hybridized carbons (Fsp3) is 0.650. The summed E-state index contributed by atoms with van der Waals surface area (Å²) in [6.45, 7) is 4.62. The molecule has 0 unspecified atom stereocenters. The minimum Gasteiger partial charge on any atom is -0.383 e. The molecule has 1 aliphatic carbocycles. The predicted molar refractivity (Wildman–Crippen MR) is 123 cm³/mol. The molecule has 10 heteroatoms. The molecule has 30 heavy (non-hydrogen) atoms. The summed E-state index contributed by atoms with van der Waals surface area (Å²) in [4.78, 5) is 26.1. The van der Waals surface area contributed by atoms with Gasteiger partial charge in [0.15, 0.2) is 15.0 Å². The van der Waals surface area contributed by atoms with Crippen LogP contribution in [0, 0.1) is 5.92 Å². The number of sulfone groups is 1. The van der Waals surface area contributed by atoms with E-state index in [0.717, 1.165) is 23.1 Å². The van der Waals surface area contributed by atoms with Crippen LogP contribution in [0.2, 0.25) is 0 Å². The summed E-state index contributed by atoms with van der Waals surface area (Å²) in [5.41, 5.74) is 7.57. The zero-order valence-corrected chi connectivity index (χ0v) is 19.8. The smallest absolute Gasteiger partial charge is 0.233 e. The number of anilines is 1. The summed E-state index contributed by atoms with van der Waals surface area (Å²) in [6, 6.07) is -0.233. The van der Waals surface area contributed by atoms with Gasteiger partial charge in [-0.3, -0.25) is 4.79 Å². The Morgan fingerprint density at radius 3 is 2.77 bits per heavy atom. The van der Waals surface area contributed by atoms with Crippen molar-refractivity contribution in [3.8, 4) is 0 Å². The van der Waals surface area contributed by atoms with E-state index in [2.05, 4.69) is 9.97 Å². The number of nitrogens with zero attached hydrogens (tertiary/aromatic N) is 3. The largest absolute Gasteiger partial charge is 0.383 e. The summed E-state index contributed by atoms with van der Waals surface area (Å²) in [5.74, 6) is 1.10. The summed E-state index contributed by atoms with van der Waals surface area (Å²) in [5, 5.41) is 1.50. The van der Waals surface area contributed by atoms with Crippen LogP contribution in [0.1, 0.15) is 43.6 Å². The molecule has 0 aromatic carbocycles. The van der Waals surface area contributed by atoms with Crippen molar-refractivity contribution in [1.82, 2.24) is 14.9 Å². The van der Waals surface area contributed by atoms with E-state index >= 15 is 0 Å². The maximum atomic E-state index is 13.0. The van der Waals surface area contributed by atoms with Crippen molar-refractivity contribution < 1.29 is 13.2 Å². The highest BCUT2D eigenvalue weighted by molar-refractivity contribution is 7.99. The first-order chi connectivity index (χ1) is 14.2. The van der Waals surface area contributed by atoms with E-state index in [9.17, 15) is 13.2 Å². The van der Waals surface area contributed by atoms with Crippen molar-refractivity contribution in [1.29, 1.82) is 0 Å². The van der Waals surface area contributed by atoms with Crippen LogP contribution in [-0.2, 0) is 27.5 Å². The number of carbonyl (C=O) groups is 1. The van der Waals surface area contributed by atoms with E-state index in [-0.39, 0.29) is 35.1 Å². The van der Waals surface area contributed by atoms with Crippen LogP contribution in [0.4, 0.5) is 5.82 Å². The van der Waals surface area contributed by atoms with Crippen molar-refractivity contribution in [3.63, 3.8) is 0 Å². The van der Waals surface area contributed by atoms with Gasteiger partial charge in [0.2, 0.25) is 5.91 Å². The van der Waals surface area contributed by atoms with Gasteiger partial charge in [-0.1, -0.05) is 25.6 Å². The minimum absolute atomic E-state index is 0.0618. The molecule has 0 radical (unpaired) electrons. The normalized spacial score (nSPS) is 20.6. The first-order valence-electron chi connectivity index (χ1n) is 10.4. The van der Waals surface area contributed by atoms with E-state index in [1.54, 1.807) is 16.2 Å². The topological polar surface area (TPSA) is 106 Å². The van der Waals surface area contributed by atoms with Gasteiger partial charge in [0.25, 0.3) is 0 Å². The van der Waals surface area contributed by atoms with Crippen LogP contribution in [0.15, 0.2) is 5.16 Å². The Labute approximate surface area is 185 Å². The average molecular weight is 469 g/mol. The van der Waals surface area contributed by atoms with Gasteiger partial charge in [-0.05, 0) is 43.6 Å². The third-order valence-corrected chi connectivity index (χ3v) is 9.45. The zero-order valence-electron chi connectivity index (χ0n) is 17.4. The number of hydrogen-bond donors (Lipinski definition) is 1. The Balaban J connectivity index is 1.49. The van der Waals surface area contributed by atoms with Gasteiger partial charge in [-0.25, -0.2) is 18.4 Å². The summed E-state index contributed by atoms with van der Waals surface area (Å²) in [7, 11) is -3.05. The number of amides is 1. The standard InChI is InChI=1S/C20H28N4O3S3/c1-12(2)9-24(13-7-8-30(26,27)11-13)16(25)10-28-20-22-18(21)17-14-5-3-4-6-15(14)29-19(17)23-20/h12-13H,3-11H2,1-2H3,(H2,21,22,23)/t13-/m1/s1. The Kier molecular flexibility index (Phi) is 6.28. The van der Waals surface area contributed by atoms with Gasteiger partial charge in [-0.15, -0.1) is 11.3 Å². The van der Waals surface area contributed by atoms with Gasteiger partial charge >= 0.3 is 0 Å². The minimum atomic E-state index is -3.05. The Hall–Kier alpha value is -1.39. The molecule has 0 saturated carbocycles. The molecule has 2 aliphatic rings. The van der Waals surface area contributed by atoms with Gasteiger partial charge < -0.3 is 10.6 Å². The lowest BCUT2D eigenvalue weighted by atomic mass is 9.97. The molecular formula is C20H28N4O3S3. The number of nitrogens with two attached hydrogens (primary N) is 1. The molecule has 2 aromatic rings. The molecule has 0 bridgehead atoms. The van der Waals surface area contributed by atoms with Crippen molar-refractivity contribution in [3.05, 3.63) is 10.4 Å². The SMILES string of the molecule is CC(C)CN(C(=O)CSc1nc(N)c2c3c(sc2n1)CCCC3)[C@@H]1CCS(=O)(=O)C1. The van der Waals surface area contributed by atoms with E-state index in [1.165, 1.54) is 35.0 Å². The number of aromatic nitrogens is 2. The molecule has 3 heterocycles. The summed E-state index contributed by atoms with van der Waals surface area (Å²) in [6.07, 6.45) is 4.99. The van der Waals surface area contributed by atoms with Gasteiger partial charge in [-0.2, -0.15) is 0 Å². The third kappa shape index (κ3) is 4.60. The highest BCUT2D eigenvalue weighted by Crippen LogP contribution is 2.38. The van der Waals surface area contributed by atoms with Crippen molar-refractivity contribution in [2.24, 2.45) is 5.92 Å². The second-order valence-corrected chi connectivity index (χ2v) is 12.8. The van der Waals surface area contributed by atoms with Gasteiger partial charge in [0.05, 0.1) is 22.6 Å². The van der Waals surface area contributed by atoms with Crippen LogP contribution in [0.25, 0.3) is 10.2 Å². The summed E-state index contributed by atoms with van der Waals surface area (Å²) < 4.78 is 23.8. The van der Waals surface area contributed by atoms with Crippen molar-refractivity contribution >= 4 is 54.9 Å². The molecule has 1 amide bonds. The molecule has 4 rings (SSSR count). The number of nitrogen functional groups attached to an aromatic ring is 1. The number of fused-ring (bicyclic) bond motifs is 3. The van der Waals surface area contributed by atoms with Crippen LogP contribution in [0.3, 0.4) is 0 Å².